The minimum atomic E-state index is -0.0455. The zero-order chi connectivity index (χ0) is 14.1. The molecule has 1 aromatic carbocycles. The first-order valence-corrected chi connectivity index (χ1v) is 8.52. The minimum absolute atomic E-state index is 0.0455. The van der Waals surface area contributed by atoms with E-state index in [0.29, 0.717) is 5.02 Å². The first kappa shape index (κ1) is 14.1. The number of carbonyl (C=O) groups excluding carboxylic acids is 1. The summed E-state index contributed by atoms with van der Waals surface area (Å²) in [6.45, 7) is 0. The lowest BCUT2D eigenvalue weighted by atomic mass is 9.87. The lowest BCUT2D eigenvalue weighted by Crippen LogP contribution is -2.24. The summed E-state index contributed by atoms with van der Waals surface area (Å²) >= 11 is 11.2. The first-order valence-electron chi connectivity index (χ1n) is 6.47. The molecule has 1 N–H and O–H groups in total. The minimum Gasteiger partial charge on any atom is -0.324 e. The summed E-state index contributed by atoms with van der Waals surface area (Å²) in [5, 5.41) is 5.68. The van der Waals surface area contributed by atoms with Gasteiger partial charge >= 0.3 is 0 Å². The van der Waals surface area contributed by atoms with Crippen molar-refractivity contribution in [2.45, 2.75) is 25.2 Å². The van der Waals surface area contributed by atoms with Crippen molar-refractivity contribution in [2.24, 2.45) is 0 Å². The number of hydrogen-bond acceptors (Lipinski definition) is 2. The van der Waals surface area contributed by atoms with Crippen LogP contribution in [0.2, 0.25) is 5.02 Å². The molecule has 0 saturated carbocycles. The van der Waals surface area contributed by atoms with Crippen LogP contribution in [0.1, 0.15) is 29.2 Å². The second kappa shape index (κ2) is 5.88. The van der Waals surface area contributed by atoms with Crippen LogP contribution >= 0.6 is 38.9 Å². The van der Waals surface area contributed by atoms with Crippen molar-refractivity contribution < 1.29 is 4.79 Å². The van der Waals surface area contributed by atoms with Crippen molar-refractivity contribution in [3.63, 3.8) is 0 Å². The van der Waals surface area contributed by atoms with Crippen LogP contribution in [0, 0.1) is 0 Å². The van der Waals surface area contributed by atoms with Gasteiger partial charge in [-0.15, -0.1) is 11.3 Å². The summed E-state index contributed by atoms with van der Waals surface area (Å²) in [7, 11) is 0. The number of thiophene rings is 1. The Labute approximate surface area is 135 Å². The average Bonchev–Trinajstić information content (AvgIpc) is 2.91. The molecule has 1 aliphatic rings. The normalized spacial score (nSPS) is 17.6. The van der Waals surface area contributed by atoms with E-state index in [-0.39, 0.29) is 11.8 Å². The monoisotopic (exact) mass is 369 g/mol. The Balaban J connectivity index is 1.83. The third-order valence-corrected chi connectivity index (χ3v) is 5.48. The van der Waals surface area contributed by atoms with Crippen molar-refractivity contribution in [2.75, 3.05) is 5.32 Å². The predicted molar refractivity (Wildman–Crippen MR) is 87.8 cm³/mol. The van der Waals surface area contributed by atoms with Crippen LogP contribution in [-0.2, 0) is 11.2 Å². The fourth-order valence-electron chi connectivity index (χ4n) is 2.57. The molecule has 1 aromatic heterocycles. The summed E-state index contributed by atoms with van der Waals surface area (Å²) in [4.78, 5) is 13.9. The molecule has 1 atom stereocenters. The highest BCUT2D eigenvalue weighted by Gasteiger charge is 2.27. The van der Waals surface area contributed by atoms with E-state index < -0.39 is 0 Å². The van der Waals surface area contributed by atoms with E-state index in [1.807, 2.05) is 6.07 Å². The lowest BCUT2D eigenvalue weighted by molar-refractivity contribution is -0.117. The Morgan fingerprint density at radius 2 is 2.25 bits per heavy atom. The number of aryl methyl sites for hydroxylation is 1. The molecule has 0 spiro atoms. The second-order valence-electron chi connectivity index (χ2n) is 4.86. The molecule has 0 fully saturated rings. The van der Waals surface area contributed by atoms with Gasteiger partial charge in [0, 0.05) is 14.4 Å². The maximum Gasteiger partial charge on any atom is 0.231 e. The maximum atomic E-state index is 12.5. The molecule has 1 amide bonds. The Hall–Kier alpha value is -0.840. The molecule has 0 aliphatic heterocycles. The van der Waals surface area contributed by atoms with Gasteiger partial charge in [0.25, 0.3) is 0 Å². The van der Waals surface area contributed by atoms with Crippen LogP contribution in [0.4, 0.5) is 5.69 Å². The van der Waals surface area contributed by atoms with Crippen molar-refractivity contribution >= 4 is 50.5 Å². The van der Waals surface area contributed by atoms with Crippen molar-refractivity contribution in [1.82, 2.24) is 0 Å². The number of anilines is 1. The summed E-state index contributed by atoms with van der Waals surface area (Å²) in [5.41, 5.74) is 1.92. The van der Waals surface area contributed by atoms with Gasteiger partial charge in [0.05, 0.1) is 11.6 Å². The van der Waals surface area contributed by atoms with Gasteiger partial charge in [-0.25, -0.2) is 0 Å². The molecule has 1 heterocycles. The van der Waals surface area contributed by atoms with Crippen LogP contribution < -0.4 is 5.32 Å². The van der Waals surface area contributed by atoms with Gasteiger partial charge in [-0.05, 0) is 70.4 Å². The Bertz CT molecular complexity index is 655. The average molecular weight is 371 g/mol. The summed E-state index contributed by atoms with van der Waals surface area (Å²) in [6.07, 6.45) is 3.08. The van der Waals surface area contributed by atoms with Gasteiger partial charge in [0.2, 0.25) is 5.91 Å². The number of halogens is 2. The fourth-order valence-corrected chi connectivity index (χ4v) is 4.08. The van der Waals surface area contributed by atoms with E-state index in [9.17, 15) is 4.79 Å². The Morgan fingerprint density at radius 1 is 1.40 bits per heavy atom. The molecule has 5 heteroatoms. The molecule has 0 saturated heterocycles. The quantitative estimate of drug-likeness (QED) is 0.771. The largest absolute Gasteiger partial charge is 0.324 e. The first-order chi connectivity index (χ1) is 9.65. The van der Waals surface area contributed by atoms with Gasteiger partial charge < -0.3 is 5.32 Å². The second-order valence-corrected chi connectivity index (χ2v) is 7.15. The molecule has 1 aliphatic carbocycles. The SMILES string of the molecule is O=C(Nc1cc(Cl)ccc1Br)C1CCCc2sccc21. The topological polar surface area (TPSA) is 29.1 Å². The fraction of sp³-hybridized carbons (Fsp3) is 0.267. The number of nitrogens with one attached hydrogen (secondary N) is 1. The molecular weight excluding hydrogens is 358 g/mol. The number of benzene rings is 1. The highest BCUT2D eigenvalue weighted by atomic mass is 79.9. The van der Waals surface area contributed by atoms with Gasteiger partial charge in [-0.3, -0.25) is 4.79 Å². The number of amides is 1. The molecule has 0 radical (unpaired) electrons. The van der Waals surface area contributed by atoms with E-state index in [1.165, 1.54) is 10.4 Å². The lowest BCUT2D eigenvalue weighted by Gasteiger charge is -2.22. The van der Waals surface area contributed by atoms with Crippen LogP contribution in [0.3, 0.4) is 0 Å². The Morgan fingerprint density at radius 3 is 3.10 bits per heavy atom. The third kappa shape index (κ3) is 2.78. The van der Waals surface area contributed by atoms with E-state index in [1.54, 1.807) is 23.5 Å². The van der Waals surface area contributed by atoms with Crippen LogP contribution in [0.25, 0.3) is 0 Å². The molecule has 104 valence electrons. The van der Waals surface area contributed by atoms with E-state index in [2.05, 4.69) is 32.7 Å². The molecule has 20 heavy (non-hydrogen) atoms. The smallest absolute Gasteiger partial charge is 0.231 e. The third-order valence-electron chi connectivity index (χ3n) is 3.55. The number of carbonyl (C=O) groups is 1. The molecule has 3 rings (SSSR count). The zero-order valence-electron chi connectivity index (χ0n) is 10.7. The predicted octanol–water partition coefficient (Wildman–Crippen LogP) is 5.22. The highest BCUT2D eigenvalue weighted by Crippen LogP contribution is 2.36. The number of hydrogen-bond donors (Lipinski definition) is 1. The summed E-state index contributed by atoms with van der Waals surface area (Å²) in [6, 6.07) is 7.48. The number of fused-ring (bicyclic) bond motifs is 1. The van der Waals surface area contributed by atoms with Gasteiger partial charge in [-0.2, -0.15) is 0 Å². The van der Waals surface area contributed by atoms with E-state index >= 15 is 0 Å². The standard InChI is InChI=1S/C15H13BrClNOS/c16-12-5-4-9(17)8-13(12)18-15(19)11-2-1-3-14-10(11)6-7-20-14/h4-8,11H,1-3H2,(H,18,19). The maximum absolute atomic E-state index is 12.5. The molecule has 1 unspecified atom stereocenters. The van der Waals surface area contributed by atoms with E-state index in [0.717, 1.165) is 29.4 Å². The van der Waals surface area contributed by atoms with Gasteiger partial charge in [0.15, 0.2) is 0 Å². The highest BCUT2D eigenvalue weighted by molar-refractivity contribution is 9.10. The molecule has 0 bridgehead atoms. The Kier molecular flexibility index (Phi) is 4.15. The van der Waals surface area contributed by atoms with Crippen molar-refractivity contribution in [3.8, 4) is 0 Å². The summed E-state index contributed by atoms with van der Waals surface area (Å²) in [5.74, 6) is 0.00296. The zero-order valence-corrected chi connectivity index (χ0v) is 13.8. The van der Waals surface area contributed by atoms with E-state index in [4.69, 9.17) is 11.6 Å². The van der Waals surface area contributed by atoms with Crippen LogP contribution in [-0.4, -0.2) is 5.91 Å². The van der Waals surface area contributed by atoms with Crippen LogP contribution in [0.15, 0.2) is 34.1 Å². The number of rotatable bonds is 2. The van der Waals surface area contributed by atoms with Gasteiger partial charge in [-0.1, -0.05) is 11.6 Å². The molecular formula is C15H13BrClNOS. The van der Waals surface area contributed by atoms with Gasteiger partial charge in [0.1, 0.15) is 0 Å². The molecule has 2 aromatic rings. The van der Waals surface area contributed by atoms with Crippen molar-refractivity contribution in [1.29, 1.82) is 0 Å². The van der Waals surface area contributed by atoms with Crippen molar-refractivity contribution in [3.05, 3.63) is 49.6 Å². The van der Waals surface area contributed by atoms with Crippen LogP contribution in [0.5, 0.6) is 0 Å². The summed E-state index contributed by atoms with van der Waals surface area (Å²) < 4.78 is 0.844. The molecule has 2 nitrogen and oxygen atoms in total.